The molecule has 0 aliphatic heterocycles. The van der Waals surface area contributed by atoms with E-state index >= 15 is 0 Å². The van der Waals surface area contributed by atoms with Crippen molar-refractivity contribution in [3.63, 3.8) is 0 Å². The molecule has 1 aromatic rings. The molecule has 90 valence electrons. The van der Waals surface area contributed by atoms with Gasteiger partial charge in [0.25, 0.3) is 0 Å². The Bertz CT molecular complexity index is 445. The SMILES string of the molecule is C=C(C=Cc1cc(C=CCO)ccc1O)CO. The molecule has 0 atom stereocenters. The van der Waals surface area contributed by atoms with Gasteiger partial charge in [0, 0.05) is 5.56 Å². The van der Waals surface area contributed by atoms with Crippen molar-refractivity contribution in [2.24, 2.45) is 0 Å². The number of phenolic OH excluding ortho intramolecular Hbond substituents is 1. The molecule has 0 aliphatic carbocycles. The first-order chi connectivity index (χ1) is 8.17. The summed E-state index contributed by atoms with van der Waals surface area (Å²) in [5.41, 5.74) is 2.09. The summed E-state index contributed by atoms with van der Waals surface area (Å²) < 4.78 is 0. The van der Waals surface area contributed by atoms with Gasteiger partial charge in [0.1, 0.15) is 5.75 Å². The van der Waals surface area contributed by atoms with Crippen LogP contribution in [0, 0.1) is 0 Å². The van der Waals surface area contributed by atoms with E-state index < -0.39 is 0 Å². The molecule has 0 unspecified atom stereocenters. The Hall–Kier alpha value is -1.84. The lowest BCUT2D eigenvalue weighted by molar-refractivity contribution is 0.335. The second kappa shape index (κ2) is 6.68. The first-order valence-corrected chi connectivity index (χ1v) is 5.24. The molecule has 3 N–H and O–H groups in total. The van der Waals surface area contributed by atoms with Gasteiger partial charge in [0.2, 0.25) is 0 Å². The zero-order valence-corrected chi connectivity index (χ0v) is 9.50. The summed E-state index contributed by atoms with van der Waals surface area (Å²) in [4.78, 5) is 0. The van der Waals surface area contributed by atoms with Crippen molar-refractivity contribution in [2.75, 3.05) is 13.2 Å². The Morgan fingerprint density at radius 1 is 1.24 bits per heavy atom. The highest BCUT2D eigenvalue weighted by atomic mass is 16.3. The Labute approximate surface area is 101 Å². The van der Waals surface area contributed by atoms with Gasteiger partial charge in [-0.25, -0.2) is 0 Å². The number of hydrogen-bond donors (Lipinski definition) is 3. The molecule has 1 aromatic carbocycles. The molecule has 0 radical (unpaired) electrons. The van der Waals surface area contributed by atoms with E-state index in [-0.39, 0.29) is 19.0 Å². The largest absolute Gasteiger partial charge is 0.507 e. The predicted molar refractivity (Wildman–Crippen MR) is 69.5 cm³/mol. The summed E-state index contributed by atoms with van der Waals surface area (Å²) in [5.74, 6) is 0.160. The fraction of sp³-hybridized carbons (Fsp3) is 0.143. The van der Waals surface area contributed by atoms with Gasteiger partial charge in [-0.05, 0) is 23.3 Å². The Kier molecular flexibility index (Phi) is 5.20. The molecule has 0 spiro atoms. The maximum Gasteiger partial charge on any atom is 0.122 e. The van der Waals surface area contributed by atoms with Crippen molar-refractivity contribution in [1.82, 2.24) is 0 Å². The van der Waals surface area contributed by atoms with Crippen LogP contribution in [-0.2, 0) is 0 Å². The Balaban J connectivity index is 2.94. The van der Waals surface area contributed by atoms with E-state index in [0.717, 1.165) is 5.56 Å². The number of aliphatic hydroxyl groups excluding tert-OH is 2. The van der Waals surface area contributed by atoms with E-state index in [0.29, 0.717) is 11.1 Å². The van der Waals surface area contributed by atoms with Gasteiger partial charge in [-0.1, -0.05) is 36.9 Å². The summed E-state index contributed by atoms with van der Waals surface area (Å²) in [6, 6.07) is 5.11. The van der Waals surface area contributed by atoms with Crippen LogP contribution in [0.4, 0.5) is 0 Å². The van der Waals surface area contributed by atoms with Gasteiger partial charge in [0.05, 0.1) is 13.2 Å². The second-order valence-electron chi connectivity index (χ2n) is 3.55. The third kappa shape index (κ3) is 4.26. The fourth-order valence-corrected chi connectivity index (χ4v) is 1.26. The van der Waals surface area contributed by atoms with E-state index in [9.17, 15) is 5.11 Å². The molecule has 0 saturated carbocycles. The van der Waals surface area contributed by atoms with Crippen LogP contribution in [-0.4, -0.2) is 28.5 Å². The van der Waals surface area contributed by atoms with Crippen LogP contribution in [0.25, 0.3) is 12.2 Å². The van der Waals surface area contributed by atoms with Gasteiger partial charge in [-0.3, -0.25) is 0 Å². The summed E-state index contributed by atoms with van der Waals surface area (Å²) in [6.45, 7) is 3.49. The molecular formula is C14H16O3. The third-order valence-corrected chi connectivity index (χ3v) is 2.17. The van der Waals surface area contributed by atoms with Crippen LogP contribution < -0.4 is 0 Å². The van der Waals surface area contributed by atoms with Crippen molar-refractivity contribution in [2.45, 2.75) is 0 Å². The number of hydrogen-bond acceptors (Lipinski definition) is 3. The first kappa shape index (κ1) is 13.2. The molecule has 0 fully saturated rings. The highest BCUT2D eigenvalue weighted by Gasteiger charge is 1.98. The van der Waals surface area contributed by atoms with Crippen LogP contribution in [0.5, 0.6) is 5.75 Å². The summed E-state index contributed by atoms with van der Waals surface area (Å²) >= 11 is 0. The van der Waals surface area contributed by atoms with E-state index in [1.807, 2.05) is 0 Å². The van der Waals surface area contributed by atoms with Gasteiger partial charge in [-0.15, -0.1) is 0 Å². The number of aliphatic hydroxyl groups is 2. The zero-order valence-electron chi connectivity index (χ0n) is 9.50. The molecule has 17 heavy (non-hydrogen) atoms. The second-order valence-corrected chi connectivity index (χ2v) is 3.55. The summed E-state index contributed by atoms with van der Waals surface area (Å²) in [6.07, 6.45) is 6.71. The molecule has 3 nitrogen and oxygen atoms in total. The average Bonchev–Trinajstić information content (AvgIpc) is 2.35. The number of benzene rings is 1. The summed E-state index contributed by atoms with van der Waals surface area (Å²) in [7, 11) is 0. The smallest absolute Gasteiger partial charge is 0.122 e. The van der Waals surface area contributed by atoms with E-state index in [4.69, 9.17) is 10.2 Å². The molecular weight excluding hydrogens is 216 g/mol. The molecule has 0 heterocycles. The summed E-state index contributed by atoms with van der Waals surface area (Å²) in [5, 5.41) is 27.1. The minimum Gasteiger partial charge on any atom is -0.507 e. The molecule has 0 aliphatic rings. The topological polar surface area (TPSA) is 60.7 Å². The maximum absolute atomic E-state index is 9.63. The highest BCUT2D eigenvalue weighted by Crippen LogP contribution is 2.21. The van der Waals surface area contributed by atoms with Crippen LogP contribution in [0.1, 0.15) is 11.1 Å². The predicted octanol–water partition coefficient (Wildman–Crippen LogP) is 1.96. The highest BCUT2D eigenvalue weighted by molar-refractivity contribution is 5.64. The normalized spacial score (nSPS) is 11.4. The van der Waals surface area contributed by atoms with Crippen molar-refractivity contribution in [3.8, 4) is 5.75 Å². The van der Waals surface area contributed by atoms with Crippen molar-refractivity contribution >= 4 is 12.2 Å². The van der Waals surface area contributed by atoms with Crippen molar-refractivity contribution in [1.29, 1.82) is 0 Å². The van der Waals surface area contributed by atoms with Gasteiger partial charge in [0.15, 0.2) is 0 Å². The minimum atomic E-state index is -0.110. The molecule has 0 amide bonds. The van der Waals surface area contributed by atoms with Gasteiger partial charge in [-0.2, -0.15) is 0 Å². The molecule has 3 heteroatoms. The van der Waals surface area contributed by atoms with Gasteiger partial charge >= 0.3 is 0 Å². The zero-order chi connectivity index (χ0) is 12.7. The molecule has 1 rings (SSSR count). The minimum absolute atomic E-state index is 0.0205. The number of phenols is 1. The van der Waals surface area contributed by atoms with E-state index in [2.05, 4.69) is 6.58 Å². The number of aromatic hydroxyl groups is 1. The van der Waals surface area contributed by atoms with Crippen LogP contribution in [0.3, 0.4) is 0 Å². The van der Waals surface area contributed by atoms with Crippen LogP contribution in [0.2, 0.25) is 0 Å². The Morgan fingerprint density at radius 3 is 2.65 bits per heavy atom. The van der Waals surface area contributed by atoms with Crippen LogP contribution >= 0.6 is 0 Å². The van der Waals surface area contributed by atoms with Crippen molar-refractivity contribution < 1.29 is 15.3 Å². The van der Waals surface area contributed by atoms with Crippen molar-refractivity contribution in [3.05, 3.63) is 53.6 Å². The first-order valence-electron chi connectivity index (χ1n) is 5.24. The van der Waals surface area contributed by atoms with E-state index in [1.165, 1.54) is 0 Å². The van der Waals surface area contributed by atoms with E-state index in [1.54, 1.807) is 42.5 Å². The average molecular weight is 232 g/mol. The fourth-order valence-electron chi connectivity index (χ4n) is 1.26. The third-order valence-electron chi connectivity index (χ3n) is 2.17. The maximum atomic E-state index is 9.63. The quantitative estimate of drug-likeness (QED) is 0.680. The standard InChI is InChI=1S/C14H16O3/c1-11(10-16)4-6-13-9-12(3-2-8-15)5-7-14(13)17/h2-7,9,15-17H,1,8,10H2. The lowest BCUT2D eigenvalue weighted by atomic mass is 10.1. The van der Waals surface area contributed by atoms with Crippen LogP contribution in [0.15, 0.2) is 42.5 Å². The molecule has 0 bridgehead atoms. The lowest BCUT2D eigenvalue weighted by Crippen LogP contribution is -1.83. The van der Waals surface area contributed by atoms with Gasteiger partial charge < -0.3 is 15.3 Å². The lowest BCUT2D eigenvalue weighted by Gasteiger charge is -2.01. The molecule has 0 saturated heterocycles. The number of rotatable bonds is 5. The monoisotopic (exact) mass is 232 g/mol. The molecule has 0 aromatic heterocycles. The Morgan fingerprint density at radius 2 is 2.00 bits per heavy atom.